The zero-order valence-corrected chi connectivity index (χ0v) is 12.5. The molecule has 5 nitrogen and oxygen atoms in total. The summed E-state index contributed by atoms with van der Waals surface area (Å²) in [7, 11) is 0. The number of hydrogen-bond donors (Lipinski definition) is 1. The Hall–Kier alpha value is -0.650. The normalized spacial score (nSPS) is 24.5. The molecule has 19 heavy (non-hydrogen) atoms. The average Bonchev–Trinajstić information content (AvgIpc) is 2.54. The van der Waals surface area contributed by atoms with E-state index in [2.05, 4.69) is 11.8 Å². The third-order valence-electron chi connectivity index (χ3n) is 3.45. The zero-order chi connectivity index (χ0) is 14.3. The van der Waals surface area contributed by atoms with E-state index in [1.54, 1.807) is 13.8 Å². The molecule has 2 atom stereocenters. The number of carbonyl (C=O) groups is 1. The lowest BCUT2D eigenvalue weighted by Gasteiger charge is -2.25. The number of carbonyl (C=O) groups excluding carboxylic acids is 1. The number of ether oxygens (including phenoxy) is 2. The number of hydrogen-bond acceptors (Lipinski definition) is 5. The van der Waals surface area contributed by atoms with Gasteiger partial charge >= 0.3 is 5.97 Å². The maximum Gasteiger partial charge on any atom is 0.325 e. The summed E-state index contributed by atoms with van der Waals surface area (Å²) in [6, 6.07) is 0. The molecule has 0 radical (unpaired) electrons. The Morgan fingerprint density at radius 1 is 1.58 bits per heavy atom. The summed E-state index contributed by atoms with van der Waals surface area (Å²) in [5.74, 6) is -0.303. The minimum atomic E-state index is -0.871. The van der Waals surface area contributed by atoms with Crippen molar-refractivity contribution < 1.29 is 14.3 Å². The highest BCUT2D eigenvalue weighted by Gasteiger charge is 2.29. The van der Waals surface area contributed by atoms with Gasteiger partial charge in [-0.05, 0) is 46.6 Å². The number of esters is 1. The summed E-state index contributed by atoms with van der Waals surface area (Å²) < 4.78 is 10.6. The molecule has 1 aliphatic heterocycles. The first-order chi connectivity index (χ1) is 8.95. The summed E-state index contributed by atoms with van der Waals surface area (Å²) in [4.78, 5) is 14.1. The van der Waals surface area contributed by atoms with Crippen LogP contribution in [0.25, 0.3) is 0 Å². The van der Waals surface area contributed by atoms with Crippen LogP contribution < -0.4 is 5.73 Å². The molecule has 1 aliphatic rings. The number of rotatable bonds is 6. The summed E-state index contributed by atoms with van der Waals surface area (Å²) >= 11 is 0. The molecule has 112 valence electrons. The molecule has 1 heterocycles. The van der Waals surface area contributed by atoms with E-state index in [0.29, 0.717) is 13.0 Å². The molecule has 1 fully saturated rings. The van der Waals surface area contributed by atoms with Crippen molar-refractivity contribution in [1.82, 2.24) is 4.90 Å². The van der Waals surface area contributed by atoms with Crippen molar-refractivity contribution in [1.29, 1.82) is 0 Å². The van der Waals surface area contributed by atoms with E-state index < -0.39 is 5.54 Å². The van der Waals surface area contributed by atoms with Gasteiger partial charge < -0.3 is 20.1 Å². The summed E-state index contributed by atoms with van der Waals surface area (Å²) in [5, 5.41) is 0. The predicted octanol–water partition coefficient (Wildman–Crippen LogP) is 1.16. The van der Waals surface area contributed by atoms with Gasteiger partial charge in [-0.3, -0.25) is 4.79 Å². The first-order valence-corrected chi connectivity index (χ1v) is 7.25. The molecule has 2 unspecified atom stereocenters. The summed E-state index contributed by atoms with van der Waals surface area (Å²) in [5.41, 5.74) is 5.13. The highest BCUT2D eigenvalue weighted by Crippen LogP contribution is 2.13. The smallest absolute Gasteiger partial charge is 0.325 e. The van der Waals surface area contributed by atoms with Crippen LogP contribution in [0.15, 0.2) is 0 Å². The fourth-order valence-electron chi connectivity index (χ4n) is 2.35. The molecule has 0 spiro atoms. The van der Waals surface area contributed by atoms with Crippen molar-refractivity contribution >= 4 is 5.97 Å². The second-order valence-electron chi connectivity index (χ2n) is 5.58. The van der Waals surface area contributed by atoms with Crippen LogP contribution in [0.2, 0.25) is 0 Å². The van der Waals surface area contributed by atoms with Crippen LogP contribution in [-0.2, 0) is 14.3 Å². The van der Waals surface area contributed by atoms with E-state index in [0.717, 1.165) is 39.1 Å². The Morgan fingerprint density at radius 2 is 2.32 bits per heavy atom. The van der Waals surface area contributed by atoms with E-state index >= 15 is 0 Å². The summed E-state index contributed by atoms with van der Waals surface area (Å²) in [6.07, 6.45) is 2.91. The Morgan fingerprint density at radius 3 is 3.00 bits per heavy atom. The molecular formula is C14H28N2O3. The van der Waals surface area contributed by atoms with Crippen LogP contribution in [0, 0.1) is 0 Å². The van der Waals surface area contributed by atoms with Gasteiger partial charge in [0.25, 0.3) is 0 Å². The fourth-order valence-corrected chi connectivity index (χ4v) is 2.35. The zero-order valence-electron chi connectivity index (χ0n) is 12.5. The third-order valence-corrected chi connectivity index (χ3v) is 3.45. The van der Waals surface area contributed by atoms with Crippen molar-refractivity contribution in [3.05, 3.63) is 0 Å². The maximum absolute atomic E-state index is 11.7. The number of nitrogens with zero attached hydrogens (tertiary/aromatic N) is 1. The second kappa shape index (κ2) is 7.82. The molecule has 0 aliphatic carbocycles. The van der Waals surface area contributed by atoms with Gasteiger partial charge in [-0.2, -0.15) is 0 Å². The molecule has 1 rings (SSSR count). The Bertz CT molecular complexity index is 282. The van der Waals surface area contributed by atoms with Crippen LogP contribution >= 0.6 is 0 Å². The lowest BCUT2D eigenvalue weighted by atomic mass is 9.97. The molecule has 0 saturated carbocycles. The van der Waals surface area contributed by atoms with Gasteiger partial charge in [0, 0.05) is 19.7 Å². The molecule has 5 heteroatoms. The van der Waals surface area contributed by atoms with Crippen LogP contribution in [0.5, 0.6) is 0 Å². The van der Waals surface area contributed by atoms with E-state index in [-0.39, 0.29) is 12.1 Å². The first-order valence-electron chi connectivity index (χ1n) is 7.25. The van der Waals surface area contributed by atoms with Crippen LogP contribution in [0.1, 0.15) is 40.0 Å². The Balaban J connectivity index is 2.30. The van der Waals surface area contributed by atoms with E-state index in [4.69, 9.17) is 15.2 Å². The lowest BCUT2D eigenvalue weighted by molar-refractivity contribution is -0.149. The average molecular weight is 272 g/mol. The molecule has 1 saturated heterocycles. The molecule has 0 bridgehead atoms. The standard InChI is InChI=1S/C14H28N2O3/c1-4-18-13(17)14(3,15)7-5-8-16-9-6-10-19-12(2)11-16/h12H,4-11,15H2,1-3H3. The van der Waals surface area contributed by atoms with Crippen LogP contribution in [-0.4, -0.2) is 55.4 Å². The molecule has 0 aromatic carbocycles. The Kier molecular flexibility index (Phi) is 6.75. The lowest BCUT2D eigenvalue weighted by Crippen LogP contribution is -2.46. The number of nitrogens with two attached hydrogens (primary N) is 1. The van der Waals surface area contributed by atoms with Crippen molar-refractivity contribution in [2.45, 2.75) is 51.7 Å². The minimum Gasteiger partial charge on any atom is -0.465 e. The molecule has 2 N–H and O–H groups in total. The highest BCUT2D eigenvalue weighted by atomic mass is 16.5. The predicted molar refractivity (Wildman–Crippen MR) is 74.9 cm³/mol. The molecule has 0 amide bonds. The summed E-state index contributed by atoms with van der Waals surface area (Å²) in [6.45, 7) is 9.85. The molecule has 0 aromatic rings. The van der Waals surface area contributed by atoms with E-state index in [1.807, 2.05) is 0 Å². The molecular weight excluding hydrogens is 244 g/mol. The minimum absolute atomic E-state index is 0.289. The highest BCUT2D eigenvalue weighted by molar-refractivity contribution is 5.79. The van der Waals surface area contributed by atoms with Crippen molar-refractivity contribution in [3.63, 3.8) is 0 Å². The van der Waals surface area contributed by atoms with Gasteiger partial charge in [0.05, 0.1) is 12.7 Å². The van der Waals surface area contributed by atoms with Crippen molar-refractivity contribution in [2.24, 2.45) is 5.73 Å². The van der Waals surface area contributed by atoms with Gasteiger partial charge in [0.2, 0.25) is 0 Å². The van der Waals surface area contributed by atoms with Gasteiger partial charge in [-0.15, -0.1) is 0 Å². The Labute approximate surface area is 116 Å². The SMILES string of the molecule is CCOC(=O)C(C)(N)CCCN1CCCOC(C)C1. The van der Waals surface area contributed by atoms with Gasteiger partial charge in [-0.1, -0.05) is 0 Å². The monoisotopic (exact) mass is 272 g/mol. The van der Waals surface area contributed by atoms with Gasteiger partial charge in [-0.25, -0.2) is 0 Å². The fraction of sp³-hybridized carbons (Fsp3) is 0.929. The van der Waals surface area contributed by atoms with Gasteiger partial charge in [0.15, 0.2) is 0 Å². The largest absolute Gasteiger partial charge is 0.465 e. The second-order valence-corrected chi connectivity index (χ2v) is 5.58. The van der Waals surface area contributed by atoms with Crippen molar-refractivity contribution in [3.8, 4) is 0 Å². The quantitative estimate of drug-likeness (QED) is 0.735. The van der Waals surface area contributed by atoms with E-state index in [1.165, 1.54) is 0 Å². The first kappa shape index (κ1) is 16.4. The molecule has 0 aromatic heterocycles. The van der Waals surface area contributed by atoms with Crippen LogP contribution in [0.4, 0.5) is 0 Å². The third kappa shape index (κ3) is 5.89. The van der Waals surface area contributed by atoms with Crippen LogP contribution in [0.3, 0.4) is 0 Å². The maximum atomic E-state index is 11.7. The van der Waals surface area contributed by atoms with Gasteiger partial charge in [0.1, 0.15) is 5.54 Å². The topological polar surface area (TPSA) is 64.8 Å². The van der Waals surface area contributed by atoms with Crippen molar-refractivity contribution in [2.75, 3.05) is 32.8 Å². The van der Waals surface area contributed by atoms with E-state index in [9.17, 15) is 4.79 Å².